The van der Waals surface area contributed by atoms with E-state index in [9.17, 15) is 0 Å². The summed E-state index contributed by atoms with van der Waals surface area (Å²) < 4.78 is 0. The molecular weight excluding hydrogens is 184 g/mol. The average Bonchev–Trinajstić information content (AvgIpc) is 2.23. The first-order valence-electron chi connectivity index (χ1n) is 6.62. The van der Waals surface area contributed by atoms with Gasteiger partial charge in [-0.2, -0.15) is 0 Å². The number of piperazine rings is 1. The standard InChI is InChI=1S/C13H26N2/c1-11-10-15(12(2)9-14-11)13(3)7-5-4-6-8-13/h11-12,14H,4-10H2,1-3H3. The van der Waals surface area contributed by atoms with Gasteiger partial charge in [-0.1, -0.05) is 19.3 Å². The van der Waals surface area contributed by atoms with E-state index in [0.717, 1.165) is 6.54 Å². The van der Waals surface area contributed by atoms with Gasteiger partial charge in [0, 0.05) is 30.7 Å². The van der Waals surface area contributed by atoms with Crippen molar-refractivity contribution in [2.24, 2.45) is 0 Å². The molecule has 0 amide bonds. The molecule has 0 aromatic rings. The Morgan fingerprint density at radius 1 is 1.13 bits per heavy atom. The second kappa shape index (κ2) is 4.42. The van der Waals surface area contributed by atoms with E-state index in [1.165, 1.54) is 38.6 Å². The Morgan fingerprint density at radius 3 is 2.47 bits per heavy atom. The minimum atomic E-state index is 0.494. The molecule has 2 aliphatic rings. The maximum Gasteiger partial charge on any atom is 0.0198 e. The van der Waals surface area contributed by atoms with Gasteiger partial charge in [0.15, 0.2) is 0 Å². The van der Waals surface area contributed by atoms with Gasteiger partial charge >= 0.3 is 0 Å². The summed E-state index contributed by atoms with van der Waals surface area (Å²) in [5.41, 5.74) is 0.494. The van der Waals surface area contributed by atoms with Gasteiger partial charge in [-0.3, -0.25) is 4.90 Å². The molecule has 2 rings (SSSR count). The smallest absolute Gasteiger partial charge is 0.0198 e. The molecule has 15 heavy (non-hydrogen) atoms. The molecule has 0 aromatic heterocycles. The first-order chi connectivity index (χ1) is 7.12. The van der Waals surface area contributed by atoms with Crippen LogP contribution in [0.3, 0.4) is 0 Å². The van der Waals surface area contributed by atoms with Gasteiger partial charge in [-0.15, -0.1) is 0 Å². The van der Waals surface area contributed by atoms with Gasteiger partial charge in [0.1, 0.15) is 0 Å². The Hall–Kier alpha value is -0.0800. The van der Waals surface area contributed by atoms with E-state index in [4.69, 9.17) is 0 Å². The highest BCUT2D eigenvalue weighted by Gasteiger charge is 2.38. The predicted molar refractivity (Wildman–Crippen MR) is 65.1 cm³/mol. The van der Waals surface area contributed by atoms with Crippen molar-refractivity contribution in [3.05, 3.63) is 0 Å². The fraction of sp³-hybridized carbons (Fsp3) is 1.00. The van der Waals surface area contributed by atoms with Crippen molar-refractivity contribution in [2.75, 3.05) is 13.1 Å². The summed E-state index contributed by atoms with van der Waals surface area (Å²) in [5, 5.41) is 3.58. The van der Waals surface area contributed by atoms with Crippen LogP contribution in [0, 0.1) is 0 Å². The van der Waals surface area contributed by atoms with E-state index in [1.54, 1.807) is 0 Å². The van der Waals surface area contributed by atoms with Crippen LogP contribution in [0.15, 0.2) is 0 Å². The molecule has 1 saturated heterocycles. The zero-order valence-corrected chi connectivity index (χ0v) is 10.6. The predicted octanol–water partition coefficient (Wildman–Crippen LogP) is 2.39. The lowest BCUT2D eigenvalue weighted by atomic mass is 9.80. The summed E-state index contributed by atoms with van der Waals surface area (Å²) in [5.74, 6) is 0. The van der Waals surface area contributed by atoms with Gasteiger partial charge < -0.3 is 5.32 Å². The fourth-order valence-corrected chi connectivity index (χ4v) is 3.37. The average molecular weight is 210 g/mol. The maximum absolute atomic E-state index is 3.58. The van der Waals surface area contributed by atoms with Crippen LogP contribution in [0.4, 0.5) is 0 Å². The van der Waals surface area contributed by atoms with Crippen molar-refractivity contribution in [2.45, 2.75) is 70.5 Å². The molecule has 0 aromatic carbocycles. The number of nitrogens with one attached hydrogen (secondary N) is 1. The van der Waals surface area contributed by atoms with E-state index in [2.05, 4.69) is 31.0 Å². The molecule has 2 heteroatoms. The Kier molecular flexibility index (Phi) is 3.36. The highest BCUT2D eigenvalue weighted by molar-refractivity contribution is 4.95. The minimum Gasteiger partial charge on any atom is -0.311 e. The zero-order chi connectivity index (χ0) is 10.9. The van der Waals surface area contributed by atoms with E-state index in [1.807, 2.05) is 0 Å². The third kappa shape index (κ3) is 2.36. The van der Waals surface area contributed by atoms with Crippen molar-refractivity contribution in [3.8, 4) is 0 Å². The first-order valence-corrected chi connectivity index (χ1v) is 6.62. The maximum atomic E-state index is 3.58. The van der Waals surface area contributed by atoms with Crippen LogP contribution >= 0.6 is 0 Å². The molecule has 2 unspecified atom stereocenters. The third-order valence-electron chi connectivity index (χ3n) is 4.39. The summed E-state index contributed by atoms with van der Waals surface area (Å²) >= 11 is 0. The molecule has 1 heterocycles. The van der Waals surface area contributed by atoms with Gasteiger partial charge in [0.05, 0.1) is 0 Å². The Morgan fingerprint density at radius 2 is 1.80 bits per heavy atom. The summed E-state index contributed by atoms with van der Waals surface area (Å²) in [4.78, 5) is 2.77. The summed E-state index contributed by atoms with van der Waals surface area (Å²) in [6.45, 7) is 9.57. The third-order valence-corrected chi connectivity index (χ3v) is 4.39. The SMILES string of the molecule is CC1CN(C2(C)CCCCC2)C(C)CN1. The lowest BCUT2D eigenvalue weighted by Gasteiger charge is -2.51. The molecule has 2 nitrogen and oxygen atoms in total. The molecule has 1 aliphatic carbocycles. The summed E-state index contributed by atoms with van der Waals surface area (Å²) in [7, 11) is 0. The molecule has 0 radical (unpaired) electrons. The van der Waals surface area contributed by atoms with Crippen molar-refractivity contribution in [3.63, 3.8) is 0 Å². The largest absolute Gasteiger partial charge is 0.311 e. The van der Waals surface area contributed by atoms with Gasteiger partial charge in [-0.25, -0.2) is 0 Å². The van der Waals surface area contributed by atoms with E-state index >= 15 is 0 Å². The van der Waals surface area contributed by atoms with Crippen molar-refractivity contribution in [1.82, 2.24) is 10.2 Å². The molecule has 0 bridgehead atoms. The van der Waals surface area contributed by atoms with Gasteiger partial charge in [-0.05, 0) is 33.6 Å². The Balaban J connectivity index is 2.05. The second-order valence-corrected chi connectivity index (χ2v) is 5.87. The first kappa shape index (κ1) is 11.4. The van der Waals surface area contributed by atoms with Crippen LogP contribution in [0.2, 0.25) is 0 Å². The lowest BCUT2D eigenvalue weighted by molar-refractivity contribution is 0.00586. The molecule has 1 saturated carbocycles. The minimum absolute atomic E-state index is 0.494. The number of hydrogen-bond acceptors (Lipinski definition) is 2. The molecule has 0 spiro atoms. The zero-order valence-electron chi connectivity index (χ0n) is 10.6. The van der Waals surface area contributed by atoms with Crippen LogP contribution in [0.5, 0.6) is 0 Å². The van der Waals surface area contributed by atoms with Crippen LogP contribution < -0.4 is 5.32 Å². The lowest BCUT2D eigenvalue weighted by Crippen LogP contribution is -2.62. The molecule has 2 fully saturated rings. The highest BCUT2D eigenvalue weighted by atomic mass is 15.3. The van der Waals surface area contributed by atoms with E-state index in [0.29, 0.717) is 17.6 Å². The molecular formula is C13H26N2. The summed E-state index contributed by atoms with van der Waals surface area (Å²) in [6, 6.07) is 1.38. The summed E-state index contributed by atoms with van der Waals surface area (Å²) in [6.07, 6.45) is 7.13. The number of nitrogens with zero attached hydrogens (tertiary/aromatic N) is 1. The van der Waals surface area contributed by atoms with Crippen LogP contribution in [-0.2, 0) is 0 Å². The molecule has 1 N–H and O–H groups in total. The van der Waals surface area contributed by atoms with Gasteiger partial charge in [0.25, 0.3) is 0 Å². The number of hydrogen-bond donors (Lipinski definition) is 1. The van der Waals surface area contributed by atoms with Crippen LogP contribution in [-0.4, -0.2) is 35.6 Å². The van der Waals surface area contributed by atoms with Crippen molar-refractivity contribution in [1.29, 1.82) is 0 Å². The highest BCUT2D eigenvalue weighted by Crippen LogP contribution is 2.35. The Labute approximate surface area is 94.4 Å². The molecule has 88 valence electrons. The van der Waals surface area contributed by atoms with Crippen LogP contribution in [0.1, 0.15) is 52.9 Å². The molecule has 1 aliphatic heterocycles. The van der Waals surface area contributed by atoms with E-state index in [-0.39, 0.29) is 0 Å². The quantitative estimate of drug-likeness (QED) is 0.715. The normalized spacial score (nSPS) is 37.8. The van der Waals surface area contributed by atoms with Crippen molar-refractivity contribution < 1.29 is 0 Å². The monoisotopic (exact) mass is 210 g/mol. The van der Waals surface area contributed by atoms with Gasteiger partial charge in [0.2, 0.25) is 0 Å². The van der Waals surface area contributed by atoms with Crippen molar-refractivity contribution >= 4 is 0 Å². The van der Waals surface area contributed by atoms with Crippen LogP contribution in [0.25, 0.3) is 0 Å². The van der Waals surface area contributed by atoms with E-state index < -0.39 is 0 Å². The fourth-order valence-electron chi connectivity index (χ4n) is 3.37. The number of rotatable bonds is 1. The molecule has 2 atom stereocenters. The topological polar surface area (TPSA) is 15.3 Å². The Bertz CT molecular complexity index is 209. The second-order valence-electron chi connectivity index (χ2n) is 5.87.